The second-order valence-corrected chi connectivity index (χ2v) is 10.9. The number of carbonyl (C=O) groups excluding carboxylic acids is 1. The van der Waals surface area contributed by atoms with Crippen LogP contribution in [0, 0.1) is 5.41 Å². The summed E-state index contributed by atoms with van der Waals surface area (Å²) in [6, 6.07) is 8.26. The molecule has 0 saturated heterocycles. The summed E-state index contributed by atoms with van der Waals surface area (Å²) in [5, 5.41) is 11.6. The second-order valence-electron chi connectivity index (χ2n) is 8.83. The van der Waals surface area contributed by atoms with Gasteiger partial charge in [-0.05, 0) is 35.9 Å². The number of hydrogen-bond acceptors (Lipinski definition) is 6. The second kappa shape index (κ2) is 10.5. The molecule has 1 amide bonds. The lowest BCUT2D eigenvalue weighted by Gasteiger charge is -2.19. The van der Waals surface area contributed by atoms with Crippen LogP contribution in [0.1, 0.15) is 31.9 Å². The van der Waals surface area contributed by atoms with Gasteiger partial charge in [0.15, 0.2) is 21.3 Å². The normalized spacial score (nSPS) is 12.2. The SMILES string of the molecule is COc1ccc(CC(=O)O)cc1Oc1ccc(NC(=O)C(C)(C)C)cc1CS(=O)(=O)CC(F)(F)F. The van der Waals surface area contributed by atoms with Crippen LogP contribution in [0.5, 0.6) is 17.2 Å². The number of halogens is 3. The van der Waals surface area contributed by atoms with Crippen molar-refractivity contribution in [2.45, 2.75) is 39.1 Å². The van der Waals surface area contributed by atoms with Crippen molar-refractivity contribution in [1.29, 1.82) is 0 Å². The van der Waals surface area contributed by atoms with Crippen LogP contribution in [0.25, 0.3) is 0 Å². The summed E-state index contributed by atoms with van der Waals surface area (Å²) >= 11 is 0. The van der Waals surface area contributed by atoms with Crippen molar-refractivity contribution in [2.24, 2.45) is 5.41 Å². The first-order chi connectivity index (χ1) is 16.0. The fraction of sp³-hybridized carbons (Fsp3) is 0.391. The van der Waals surface area contributed by atoms with Crippen LogP contribution in [0.4, 0.5) is 18.9 Å². The molecule has 192 valence electrons. The number of hydrogen-bond donors (Lipinski definition) is 2. The standard InChI is InChI=1S/C23H26F3NO7S/c1-22(2,3)21(30)27-16-6-8-17(15(11-16)12-35(31,32)13-23(24,25)26)34-19-9-14(10-20(28)29)5-7-18(19)33-4/h5-9,11H,10,12-13H2,1-4H3,(H,27,30)(H,28,29). The lowest BCUT2D eigenvalue weighted by atomic mass is 9.95. The first-order valence-electron chi connectivity index (χ1n) is 10.3. The van der Waals surface area contributed by atoms with Crippen molar-refractivity contribution in [2.75, 3.05) is 18.2 Å². The summed E-state index contributed by atoms with van der Waals surface area (Å²) in [6.07, 6.45) is -5.27. The molecule has 8 nitrogen and oxygen atoms in total. The van der Waals surface area contributed by atoms with Crippen molar-refractivity contribution in [3.63, 3.8) is 0 Å². The number of carboxylic acid groups (broad SMARTS) is 1. The van der Waals surface area contributed by atoms with Crippen LogP contribution in [-0.2, 0) is 31.6 Å². The Bertz CT molecular complexity index is 1200. The van der Waals surface area contributed by atoms with Gasteiger partial charge in [0.05, 0.1) is 19.3 Å². The van der Waals surface area contributed by atoms with Crippen molar-refractivity contribution >= 4 is 27.4 Å². The number of rotatable bonds is 9. The Labute approximate surface area is 201 Å². The van der Waals surface area contributed by atoms with E-state index in [0.29, 0.717) is 5.56 Å². The highest BCUT2D eigenvalue weighted by Crippen LogP contribution is 2.36. The predicted octanol–water partition coefficient (Wildman–Crippen LogP) is 4.58. The topological polar surface area (TPSA) is 119 Å². The Morgan fingerprint density at radius 1 is 1.00 bits per heavy atom. The van der Waals surface area contributed by atoms with Gasteiger partial charge < -0.3 is 19.9 Å². The Hall–Kier alpha value is -3.28. The lowest BCUT2D eigenvalue weighted by molar-refractivity contribution is -0.136. The van der Waals surface area contributed by atoms with E-state index in [1.807, 2.05) is 0 Å². The molecule has 2 N–H and O–H groups in total. The van der Waals surface area contributed by atoms with Crippen LogP contribution in [0.3, 0.4) is 0 Å². The van der Waals surface area contributed by atoms with E-state index in [1.165, 1.54) is 43.5 Å². The summed E-state index contributed by atoms with van der Waals surface area (Å²) in [6.45, 7) is 4.97. The predicted molar refractivity (Wildman–Crippen MR) is 122 cm³/mol. The maximum Gasteiger partial charge on any atom is 0.402 e. The molecule has 2 aromatic carbocycles. The van der Waals surface area contributed by atoms with Gasteiger partial charge in [0, 0.05) is 16.7 Å². The number of carbonyl (C=O) groups is 2. The van der Waals surface area contributed by atoms with Gasteiger partial charge in [-0.25, -0.2) is 8.42 Å². The smallest absolute Gasteiger partial charge is 0.402 e. The molecular weight excluding hydrogens is 491 g/mol. The van der Waals surface area contributed by atoms with E-state index < -0.39 is 44.8 Å². The van der Waals surface area contributed by atoms with E-state index >= 15 is 0 Å². The van der Waals surface area contributed by atoms with Gasteiger partial charge in [0.2, 0.25) is 5.91 Å². The maximum atomic E-state index is 12.8. The van der Waals surface area contributed by atoms with Crippen molar-refractivity contribution in [1.82, 2.24) is 0 Å². The molecule has 0 aliphatic carbocycles. The summed E-state index contributed by atoms with van der Waals surface area (Å²) in [7, 11) is -3.31. The van der Waals surface area contributed by atoms with Crippen LogP contribution < -0.4 is 14.8 Å². The zero-order valence-electron chi connectivity index (χ0n) is 19.5. The first kappa shape index (κ1) is 28.0. The number of anilines is 1. The fourth-order valence-electron chi connectivity index (χ4n) is 2.93. The van der Waals surface area contributed by atoms with Gasteiger partial charge in [-0.3, -0.25) is 9.59 Å². The van der Waals surface area contributed by atoms with Gasteiger partial charge in [-0.15, -0.1) is 0 Å². The molecule has 0 aromatic heterocycles. The number of sulfone groups is 1. The van der Waals surface area contributed by atoms with Gasteiger partial charge in [0.25, 0.3) is 0 Å². The Balaban J connectivity index is 2.52. The highest BCUT2D eigenvalue weighted by atomic mass is 32.2. The molecule has 0 aliphatic heterocycles. The first-order valence-corrected chi connectivity index (χ1v) is 12.1. The third-order valence-corrected chi connectivity index (χ3v) is 6.08. The number of carboxylic acids is 1. The molecule has 0 aliphatic rings. The number of amides is 1. The quantitative estimate of drug-likeness (QED) is 0.500. The highest BCUT2D eigenvalue weighted by molar-refractivity contribution is 7.90. The third-order valence-electron chi connectivity index (χ3n) is 4.56. The number of methoxy groups -OCH3 is 1. The molecule has 0 radical (unpaired) electrons. The highest BCUT2D eigenvalue weighted by Gasteiger charge is 2.35. The van der Waals surface area contributed by atoms with Gasteiger partial charge in [-0.1, -0.05) is 26.8 Å². The number of aliphatic carboxylic acids is 1. The molecule has 0 atom stereocenters. The average molecular weight is 518 g/mol. The van der Waals surface area contributed by atoms with E-state index in [9.17, 15) is 31.2 Å². The van der Waals surface area contributed by atoms with Gasteiger partial charge in [-0.2, -0.15) is 13.2 Å². The van der Waals surface area contributed by atoms with E-state index in [1.54, 1.807) is 20.8 Å². The molecule has 12 heteroatoms. The minimum atomic E-state index is -4.94. The fourth-order valence-corrected chi connectivity index (χ4v) is 4.23. The molecule has 0 saturated carbocycles. The third kappa shape index (κ3) is 8.78. The molecular formula is C23H26F3NO7S. The van der Waals surface area contributed by atoms with Gasteiger partial charge in [0.1, 0.15) is 11.5 Å². The zero-order chi connectivity index (χ0) is 26.6. The summed E-state index contributed by atoms with van der Waals surface area (Å²) in [4.78, 5) is 23.4. The molecule has 35 heavy (non-hydrogen) atoms. The average Bonchev–Trinajstić information content (AvgIpc) is 2.66. The molecule has 2 rings (SSSR count). The van der Waals surface area contributed by atoms with Crippen molar-refractivity contribution in [3.8, 4) is 17.2 Å². The Kier molecular flexibility index (Phi) is 8.43. The maximum absolute atomic E-state index is 12.8. The van der Waals surface area contributed by atoms with E-state index in [2.05, 4.69) is 5.32 Å². The number of alkyl halides is 3. The van der Waals surface area contributed by atoms with Crippen LogP contribution in [0.2, 0.25) is 0 Å². The van der Waals surface area contributed by atoms with Crippen molar-refractivity contribution in [3.05, 3.63) is 47.5 Å². The summed E-state index contributed by atoms with van der Waals surface area (Å²) in [5.41, 5.74) is -0.392. The summed E-state index contributed by atoms with van der Waals surface area (Å²) < 4.78 is 73.9. The van der Waals surface area contributed by atoms with E-state index in [0.717, 1.165) is 0 Å². The summed E-state index contributed by atoms with van der Waals surface area (Å²) in [5.74, 6) is -4.42. The van der Waals surface area contributed by atoms with E-state index in [4.69, 9.17) is 14.6 Å². The minimum absolute atomic E-state index is 0.0344. The van der Waals surface area contributed by atoms with Crippen LogP contribution >= 0.6 is 0 Å². The Morgan fingerprint density at radius 3 is 2.17 bits per heavy atom. The number of ether oxygens (including phenoxy) is 2. The van der Waals surface area contributed by atoms with Crippen LogP contribution in [0.15, 0.2) is 36.4 Å². The monoisotopic (exact) mass is 517 g/mol. The van der Waals surface area contributed by atoms with Gasteiger partial charge >= 0.3 is 12.1 Å². The molecule has 0 heterocycles. The molecule has 0 bridgehead atoms. The minimum Gasteiger partial charge on any atom is -0.493 e. The number of benzene rings is 2. The largest absolute Gasteiger partial charge is 0.493 e. The zero-order valence-corrected chi connectivity index (χ0v) is 20.3. The van der Waals surface area contributed by atoms with E-state index in [-0.39, 0.29) is 34.9 Å². The Morgan fingerprint density at radius 2 is 1.63 bits per heavy atom. The molecule has 0 unspecified atom stereocenters. The molecule has 0 fully saturated rings. The number of nitrogens with one attached hydrogen (secondary N) is 1. The van der Waals surface area contributed by atoms with Crippen molar-refractivity contribution < 1.29 is 45.8 Å². The molecule has 0 spiro atoms. The van der Waals surface area contributed by atoms with Crippen LogP contribution in [-0.4, -0.2) is 44.4 Å². The molecule has 2 aromatic rings. The lowest BCUT2D eigenvalue weighted by Crippen LogP contribution is -2.27.